The van der Waals surface area contributed by atoms with Crippen molar-refractivity contribution in [3.63, 3.8) is 0 Å². The van der Waals surface area contributed by atoms with E-state index in [2.05, 4.69) is 25.2 Å². The number of rotatable bonds is 5. The highest BCUT2D eigenvalue weighted by Gasteiger charge is 2.26. The SMILES string of the molecule is CC1CCCC(NCc2cccc(OCC#N)c2)C1C. The Bertz CT molecular complexity index is 466. The van der Waals surface area contributed by atoms with Gasteiger partial charge in [0.15, 0.2) is 6.61 Å². The fraction of sp³-hybridized carbons (Fsp3) is 0.588. The summed E-state index contributed by atoms with van der Waals surface area (Å²) in [7, 11) is 0. The van der Waals surface area contributed by atoms with Crippen molar-refractivity contribution in [2.75, 3.05) is 6.61 Å². The number of hydrogen-bond acceptors (Lipinski definition) is 3. The molecule has 1 aromatic rings. The van der Waals surface area contributed by atoms with E-state index in [1.54, 1.807) is 0 Å². The first-order valence-corrected chi connectivity index (χ1v) is 7.52. The molecule has 0 heterocycles. The minimum Gasteiger partial charge on any atom is -0.479 e. The maximum absolute atomic E-state index is 8.54. The summed E-state index contributed by atoms with van der Waals surface area (Å²) in [6.45, 7) is 5.68. The molecule has 3 heteroatoms. The average molecular weight is 272 g/mol. The highest BCUT2D eigenvalue weighted by atomic mass is 16.5. The van der Waals surface area contributed by atoms with E-state index in [0.29, 0.717) is 6.04 Å². The molecule has 1 aliphatic carbocycles. The third-order valence-corrected chi connectivity index (χ3v) is 4.48. The van der Waals surface area contributed by atoms with Crippen LogP contribution in [0, 0.1) is 23.2 Å². The van der Waals surface area contributed by atoms with E-state index in [-0.39, 0.29) is 6.61 Å². The van der Waals surface area contributed by atoms with Gasteiger partial charge in [0, 0.05) is 12.6 Å². The molecule has 3 atom stereocenters. The van der Waals surface area contributed by atoms with Gasteiger partial charge in [0.25, 0.3) is 0 Å². The second-order valence-corrected chi connectivity index (χ2v) is 5.85. The van der Waals surface area contributed by atoms with Crippen LogP contribution < -0.4 is 10.1 Å². The molecule has 0 radical (unpaired) electrons. The fourth-order valence-corrected chi connectivity index (χ4v) is 2.98. The predicted molar refractivity (Wildman–Crippen MR) is 80.4 cm³/mol. The van der Waals surface area contributed by atoms with Crippen LogP contribution in [-0.2, 0) is 6.54 Å². The van der Waals surface area contributed by atoms with Crippen molar-refractivity contribution in [1.29, 1.82) is 5.26 Å². The van der Waals surface area contributed by atoms with Crippen molar-refractivity contribution in [2.45, 2.75) is 45.7 Å². The van der Waals surface area contributed by atoms with Crippen molar-refractivity contribution in [3.8, 4) is 11.8 Å². The molecule has 3 unspecified atom stereocenters. The highest BCUT2D eigenvalue weighted by Crippen LogP contribution is 2.29. The van der Waals surface area contributed by atoms with Gasteiger partial charge in [0.1, 0.15) is 11.8 Å². The molecule has 1 N–H and O–H groups in total. The summed E-state index contributed by atoms with van der Waals surface area (Å²) in [5, 5.41) is 12.2. The van der Waals surface area contributed by atoms with Crippen molar-refractivity contribution in [3.05, 3.63) is 29.8 Å². The molecule has 0 aromatic heterocycles. The van der Waals surface area contributed by atoms with Crippen molar-refractivity contribution < 1.29 is 4.74 Å². The normalized spacial score (nSPS) is 25.9. The zero-order chi connectivity index (χ0) is 14.4. The van der Waals surface area contributed by atoms with Gasteiger partial charge in [-0.1, -0.05) is 38.8 Å². The third-order valence-electron chi connectivity index (χ3n) is 4.48. The van der Waals surface area contributed by atoms with Crippen LogP contribution in [0.1, 0.15) is 38.7 Å². The van der Waals surface area contributed by atoms with E-state index in [0.717, 1.165) is 24.1 Å². The van der Waals surface area contributed by atoms with E-state index >= 15 is 0 Å². The Hall–Kier alpha value is -1.53. The molecule has 20 heavy (non-hydrogen) atoms. The first kappa shape index (κ1) is 14.9. The summed E-state index contributed by atoms with van der Waals surface area (Å²) < 4.78 is 5.34. The lowest BCUT2D eigenvalue weighted by molar-refractivity contribution is 0.206. The number of benzene rings is 1. The van der Waals surface area contributed by atoms with Gasteiger partial charge in [0.2, 0.25) is 0 Å². The molecule has 0 amide bonds. The molecule has 3 nitrogen and oxygen atoms in total. The smallest absolute Gasteiger partial charge is 0.174 e. The summed E-state index contributed by atoms with van der Waals surface area (Å²) in [4.78, 5) is 0. The van der Waals surface area contributed by atoms with Gasteiger partial charge in [0.05, 0.1) is 0 Å². The van der Waals surface area contributed by atoms with Gasteiger partial charge in [-0.25, -0.2) is 0 Å². The number of nitriles is 1. The second kappa shape index (κ2) is 7.31. The summed E-state index contributed by atoms with van der Waals surface area (Å²) in [6.07, 6.45) is 3.96. The van der Waals surface area contributed by atoms with Gasteiger partial charge in [-0.15, -0.1) is 0 Å². The molecule has 0 spiro atoms. The number of hydrogen-bond donors (Lipinski definition) is 1. The minimum absolute atomic E-state index is 0.105. The maximum atomic E-state index is 8.54. The quantitative estimate of drug-likeness (QED) is 0.892. The van der Waals surface area contributed by atoms with Crippen LogP contribution in [0.3, 0.4) is 0 Å². The van der Waals surface area contributed by atoms with Gasteiger partial charge >= 0.3 is 0 Å². The Morgan fingerprint density at radius 1 is 1.35 bits per heavy atom. The Labute approximate surface area is 121 Å². The van der Waals surface area contributed by atoms with Crippen LogP contribution in [0.4, 0.5) is 0 Å². The van der Waals surface area contributed by atoms with Crippen LogP contribution in [0.15, 0.2) is 24.3 Å². The zero-order valence-corrected chi connectivity index (χ0v) is 12.4. The summed E-state index contributed by atoms with van der Waals surface area (Å²) in [5.74, 6) is 2.32. The molecule has 108 valence electrons. The second-order valence-electron chi connectivity index (χ2n) is 5.85. The molecule has 0 aliphatic heterocycles. The lowest BCUT2D eigenvalue weighted by atomic mass is 9.78. The van der Waals surface area contributed by atoms with Gasteiger partial charge in [-0.3, -0.25) is 0 Å². The molecule has 1 aliphatic rings. The van der Waals surface area contributed by atoms with Crippen LogP contribution in [0.5, 0.6) is 5.75 Å². The number of nitrogens with one attached hydrogen (secondary N) is 1. The molecule has 0 bridgehead atoms. The molecule has 0 saturated heterocycles. The predicted octanol–water partition coefficient (Wildman–Crippen LogP) is 3.50. The first-order valence-electron chi connectivity index (χ1n) is 7.52. The average Bonchev–Trinajstić information content (AvgIpc) is 2.47. The van der Waals surface area contributed by atoms with Gasteiger partial charge < -0.3 is 10.1 Å². The Morgan fingerprint density at radius 3 is 3.00 bits per heavy atom. The molecular formula is C17H24N2O. The van der Waals surface area contributed by atoms with Crippen LogP contribution in [0.2, 0.25) is 0 Å². The maximum Gasteiger partial charge on any atom is 0.174 e. The van der Waals surface area contributed by atoms with E-state index in [4.69, 9.17) is 10.00 Å². The summed E-state index contributed by atoms with van der Waals surface area (Å²) in [5.41, 5.74) is 1.21. The summed E-state index contributed by atoms with van der Waals surface area (Å²) >= 11 is 0. The lowest BCUT2D eigenvalue weighted by Crippen LogP contribution is -2.40. The standard InChI is InChI=1S/C17H24N2O/c1-13-5-3-8-17(14(13)2)19-12-15-6-4-7-16(11-15)20-10-9-18/h4,6-7,11,13-14,17,19H,3,5,8,10,12H2,1-2H3. The number of ether oxygens (including phenoxy) is 1. The minimum atomic E-state index is 0.105. The lowest BCUT2D eigenvalue weighted by Gasteiger charge is -2.34. The van der Waals surface area contributed by atoms with Gasteiger partial charge in [-0.2, -0.15) is 5.26 Å². The molecule has 2 rings (SSSR count). The Balaban J connectivity index is 1.88. The Morgan fingerprint density at radius 2 is 2.20 bits per heavy atom. The van der Waals surface area contributed by atoms with E-state index in [1.807, 2.05) is 24.3 Å². The largest absolute Gasteiger partial charge is 0.479 e. The molecular weight excluding hydrogens is 248 g/mol. The molecule has 1 fully saturated rings. The van der Waals surface area contributed by atoms with Crippen molar-refractivity contribution >= 4 is 0 Å². The zero-order valence-electron chi connectivity index (χ0n) is 12.4. The molecule has 1 saturated carbocycles. The third kappa shape index (κ3) is 3.98. The topological polar surface area (TPSA) is 45.0 Å². The van der Waals surface area contributed by atoms with Crippen molar-refractivity contribution in [1.82, 2.24) is 5.32 Å². The fourth-order valence-electron chi connectivity index (χ4n) is 2.98. The van der Waals surface area contributed by atoms with Crippen molar-refractivity contribution in [2.24, 2.45) is 11.8 Å². The van der Waals surface area contributed by atoms with E-state index < -0.39 is 0 Å². The van der Waals surface area contributed by atoms with Crippen LogP contribution >= 0.6 is 0 Å². The Kier molecular flexibility index (Phi) is 5.43. The van der Waals surface area contributed by atoms with E-state index in [9.17, 15) is 0 Å². The summed E-state index contributed by atoms with van der Waals surface area (Å²) in [6, 6.07) is 10.6. The number of nitrogens with zero attached hydrogens (tertiary/aromatic N) is 1. The highest BCUT2D eigenvalue weighted by molar-refractivity contribution is 5.28. The van der Waals surface area contributed by atoms with E-state index in [1.165, 1.54) is 24.8 Å². The molecule has 1 aromatic carbocycles. The first-order chi connectivity index (χ1) is 9.70. The monoisotopic (exact) mass is 272 g/mol. The van der Waals surface area contributed by atoms with Crippen LogP contribution in [0.25, 0.3) is 0 Å². The van der Waals surface area contributed by atoms with Gasteiger partial charge in [-0.05, 0) is 36.0 Å². The van der Waals surface area contributed by atoms with Crippen LogP contribution in [-0.4, -0.2) is 12.6 Å².